The number of nitrogens with zero attached hydrogens (tertiary/aromatic N) is 1. The van der Waals surface area contributed by atoms with E-state index < -0.39 is 22.0 Å². The summed E-state index contributed by atoms with van der Waals surface area (Å²) in [4.78, 5) is 24.1. The van der Waals surface area contributed by atoms with Crippen LogP contribution < -0.4 is 10.5 Å². The molecule has 1 unspecified atom stereocenters. The first kappa shape index (κ1) is 15.9. The molecule has 1 aliphatic rings. The lowest BCUT2D eigenvalue weighted by Crippen LogP contribution is -2.52. The Morgan fingerprint density at radius 1 is 1.38 bits per heavy atom. The van der Waals surface area contributed by atoms with E-state index in [9.17, 15) is 18.0 Å². The van der Waals surface area contributed by atoms with Crippen LogP contribution in [0.4, 0.5) is 5.69 Å². The van der Waals surface area contributed by atoms with Crippen molar-refractivity contribution in [2.24, 2.45) is 0 Å². The standard InChI is InChI=1S/C12H14BrN3O4S/c1-16-11(17)5-4-9(12(16)18)15-21(19,20)10-6-7(13)2-3-8(10)14/h2-3,6,9,15H,4-5,14H2,1H3. The Morgan fingerprint density at radius 3 is 2.71 bits per heavy atom. The Balaban J connectivity index is 2.28. The Labute approximate surface area is 130 Å². The fourth-order valence-electron chi connectivity index (χ4n) is 2.02. The van der Waals surface area contributed by atoms with Crippen LogP contribution in [0.2, 0.25) is 0 Å². The summed E-state index contributed by atoms with van der Waals surface area (Å²) >= 11 is 3.18. The number of nitrogens with two attached hydrogens (primary N) is 1. The number of carbonyl (C=O) groups is 2. The molecule has 1 fully saturated rings. The number of likely N-dealkylation sites (tertiary alicyclic amines) is 1. The molecule has 1 aromatic rings. The third kappa shape index (κ3) is 3.25. The minimum Gasteiger partial charge on any atom is -0.398 e. The summed E-state index contributed by atoms with van der Waals surface area (Å²) in [7, 11) is -2.62. The molecule has 1 aromatic carbocycles. The molecule has 1 atom stereocenters. The summed E-state index contributed by atoms with van der Waals surface area (Å²) in [6.45, 7) is 0. The molecular formula is C12H14BrN3O4S. The maximum Gasteiger partial charge on any atom is 0.247 e. The van der Waals surface area contributed by atoms with Crippen molar-refractivity contribution in [2.75, 3.05) is 12.8 Å². The average molecular weight is 376 g/mol. The van der Waals surface area contributed by atoms with Crippen LogP contribution in [-0.2, 0) is 19.6 Å². The highest BCUT2D eigenvalue weighted by Gasteiger charge is 2.35. The summed E-state index contributed by atoms with van der Waals surface area (Å²) in [5.74, 6) is -0.888. The fourth-order valence-corrected chi connectivity index (χ4v) is 3.91. The molecule has 9 heteroatoms. The van der Waals surface area contributed by atoms with Crippen LogP contribution in [-0.4, -0.2) is 38.2 Å². The molecular weight excluding hydrogens is 362 g/mol. The van der Waals surface area contributed by atoms with Crippen molar-refractivity contribution in [3.63, 3.8) is 0 Å². The Hall–Kier alpha value is -1.45. The SMILES string of the molecule is CN1C(=O)CCC(NS(=O)(=O)c2cc(Br)ccc2N)C1=O. The number of halogens is 1. The van der Waals surface area contributed by atoms with E-state index in [1.165, 1.54) is 19.2 Å². The second kappa shape index (κ2) is 5.74. The van der Waals surface area contributed by atoms with E-state index >= 15 is 0 Å². The number of sulfonamides is 1. The fraction of sp³-hybridized carbons (Fsp3) is 0.333. The van der Waals surface area contributed by atoms with Crippen molar-refractivity contribution in [3.8, 4) is 0 Å². The summed E-state index contributed by atoms with van der Waals surface area (Å²) in [5, 5.41) is 0. The topological polar surface area (TPSA) is 110 Å². The maximum atomic E-state index is 12.3. The molecule has 1 saturated heterocycles. The Bertz CT molecular complexity index is 704. The van der Waals surface area contributed by atoms with Gasteiger partial charge in [0.15, 0.2) is 0 Å². The number of hydrogen-bond donors (Lipinski definition) is 2. The lowest BCUT2D eigenvalue weighted by atomic mass is 10.1. The molecule has 114 valence electrons. The average Bonchev–Trinajstić information content (AvgIpc) is 2.42. The van der Waals surface area contributed by atoms with Crippen molar-refractivity contribution < 1.29 is 18.0 Å². The number of nitrogen functional groups attached to an aromatic ring is 1. The Morgan fingerprint density at radius 2 is 2.05 bits per heavy atom. The highest BCUT2D eigenvalue weighted by atomic mass is 79.9. The molecule has 7 nitrogen and oxygen atoms in total. The van der Waals surface area contributed by atoms with Gasteiger partial charge in [-0.25, -0.2) is 8.42 Å². The van der Waals surface area contributed by atoms with Crippen LogP contribution in [0, 0.1) is 0 Å². The number of rotatable bonds is 3. The third-order valence-corrected chi connectivity index (χ3v) is 5.23. The van der Waals surface area contributed by atoms with Gasteiger partial charge in [-0.3, -0.25) is 14.5 Å². The van der Waals surface area contributed by atoms with Gasteiger partial charge in [0.1, 0.15) is 10.9 Å². The summed E-state index contributed by atoms with van der Waals surface area (Å²) in [5.41, 5.74) is 5.76. The van der Waals surface area contributed by atoms with Gasteiger partial charge in [0.2, 0.25) is 21.8 Å². The zero-order valence-corrected chi connectivity index (χ0v) is 13.6. The van der Waals surface area contributed by atoms with Crippen LogP contribution in [0.5, 0.6) is 0 Å². The molecule has 0 aromatic heterocycles. The first-order valence-electron chi connectivity index (χ1n) is 6.10. The number of benzene rings is 1. The van der Waals surface area contributed by atoms with E-state index in [1.54, 1.807) is 6.07 Å². The quantitative estimate of drug-likeness (QED) is 0.588. The molecule has 2 amide bonds. The zero-order chi connectivity index (χ0) is 15.8. The third-order valence-electron chi connectivity index (χ3n) is 3.21. The van der Waals surface area contributed by atoms with Crippen molar-refractivity contribution in [1.82, 2.24) is 9.62 Å². The predicted octanol–water partition coefficient (Wildman–Crippen LogP) is 0.457. The minimum absolute atomic E-state index is 0.0818. The van der Waals surface area contributed by atoms with E-state index in [0.717, 1.165) is 4.90 Å². The van der Waals surface area contributed by atoms with Gasteiger partial charge in [0.25, 0.3) is 0 Å². The van der Waals surface area contributed by atoms with Gasteiger partial charge in [-0.1, -0.05) is 15.9 Å². The van der Waals surface area contributed by atoms with Crippen molar-refractivity contribution in [3.05, 3.63) is 22.7 Å². The summed E-state index contributed by atoms with van der Waals surface area (Å²) < 4.78 is 27.5. The molecule has 0 aliphatic carbocycles. The van der Waals surface area contributed by atoms with Gasteiger partial charge < -0.3 is 5.73 Å². The highest BCUT2D eigenvalue weighted by molar-refractivity contribution is 9.10. The van der Waals surface area contributed by atoms with Gasteiger partial charge >= 0.3 is 0 Å². The van der Waals surface area contributed by atoms with Crippen LogP contribution in [0.1, 0.15) is 12.8 Å². The number of hydrogen-bond acceptors (Lipinski definition) is 5. The number of carbonyl (C=O) groups excluding carboxylic acids is 2. The Kier molecular flexibility index (Phi) is 4.35. The smallest absolute Gasteiger partial charge is 0.247 e. The van der Waals surface area contributed by atoms with Crippen molar-refractivity contribution >= 4 is 43.5 Å². The van der Waals surface area contributed by atoms with Crippen LogP contribution in [0.25, 0.3) is 0 Å². The first-order chi connectivity index (χ1) is 9.72. The molecule has 0 saturated carbocycles. The van der Waals surface area contributed by atoms with Gasteiger partial charge in [-0.15, -0.1) is 0 Å². The van der Waals surface area contributed by atoms with Gasteiger partial charge in [0.05, 0.1) is 5.69 Å². The molecule has 1 heterocycles. The van der Waals surface area contributed by atoms with E-state index in [4.69, 9.17) is 5.73 Å². The van der Waals surface area contributed by atoms with Gasteiger partial charge in [-0.05, 0) is 24.6 Å². The maximum absolute atomic E-state index is 12.3. The lowest BCUT2D eigenvalue weighted by Gasteiger charge is -2.28. The molecule has 0 spiro atoms. The van der Waals surface area contributed by atoms with Crippen molar-refractivity contribution in [1.29, 1.82) is 0 Å². The van der Waals surface area contributed by atoms with E-state index in [2.05, 4.69) is 20.7 Å². The number of imide groups is 1. The molecule has 0 bridgehead atoms. The van der Waals surface area contributed by atoms with Crippen LogP contribution in [0.3, 0.4) is 0 Å². The summed E-state index contributed by atoms with van der Waals surface area (Å²) in [6, 6.07) is 3.47. The van der Waals surface area contributed by atoms with E-state index in [1.807, 2.05) is 0 Å². The number of nitrogens with one attached hydrogen (secondary N) is 1. The van der Waals surface area contributed by atoms with E-state index in [-0.39, 0.29) is 29.3 Å². The number of likely N-dealkylation sites (N-methyl/N-ethyl adjacent to an activating group) is 1. The zero-order valence-electron chi connectivity index (χ0n) is 11.2. The molecule has 1 aliphatic heterocycles. The number of anilines is 1. The molecule has 2 rings (SSSR count). The summed E-state index contributed by atoms with van der Waals surface area (Å²) in [6.07, 6.45) is 0.249. The lowest BCUT2D eigenvalue weighted by molar-refractivity contribution is -0.147. The molecule has 0 radical (unpaired) electrons. The van der Waals surface area contributed by atoms with E-state index in [0.29, 0.717) is 4.47 Å². The van der Waals surface area contributed by atoms with Crippen molar-refractivity contribution in [2.45, 2.75) is 23.8 Å². The molecule has 21 heavy (non-hydrogen) atoms. The molecule has 3 N–H and O–H groups in total. The van der Waals surface area contributed by atoms with Crippen LogP contribution in [0.15, 0.2) is 27.6 Å². The monoisotopic (exact) mass is 375 g/mol. The van der Waals surface area contributed by atoms with Gasteiger partial charge in [-0.2, -0.15) is 4.72 Å². The second-order valence-corrected chi connectivity index (χ2v) is 7.28. The minimum atomic E-state index is -3.95. The van der Waals surface area contributed by atoms with Gasteiger partial charge in [0, 0.05) is 17.9 Å². The highest BCUT2D eigenvalue weighted by Crippen LogP contribution is 2.24. The number of amides is 2. The normalized spacial score (nSPS) is 19.9. The second-order valence-electron chi connectivity index (χ2n) is 4.69. The predicted molar refractivity (Wildman–Crippen MR) is 79.7 cm³/mol. The van der Waals surface area contributed by atoms with Crippen LogP contribution >= 0.6 is 15.9 Å². The first-order valence-corrected chi connectivity index (χ1v) is 8.38. The number of piperidine rings is 1. The largest absolute Gasteiger partial charge is 0.398 e.